The van der Waals surface area contributed by atoms with Crippen molar-refractivity contribution in [3.8, 4) is 0 Å². The van der Waals surface area contributed by atoms with Gasteiger partial charge in [0.05, 0.1) is 10.6 Å². The summed E-state index contributed by atoms with van der Waals surface area (Å²) in [4.78, 5) is 32.6. The van der Waals surface area contributed by atoms with Crippen molar-refractivity contribution in [2.75, 3.05) is 5.73 Å². The molecule has 1 rings (SSSR count). The maximum absolute atomic E-state index is 11.5. The molecule has 0 spiro atoms. The third-order valence-corrected chi connectivity index (χ3v) is 3.45. The molecule has 0 saturated carbocycles. The molecule has 8 heteroatoms. The van der Waals surface area contributed by atoms with Gasteiger partial charge in [-0.05, 0) is 35.3 Å². The lowest BCUT2D eigenvalue weighted by Gasteiger charge is -2.12. The Balaban J connectivity index is 3.99. The molecule has 7 nitrogen and oxygen atoms in total. The van der Waals surface area contributed by atoms with E-state index in [9.17, 15) is 19.7 Å². The van der Waals surface area contributed by atoms with Crippen molar-refractivity contribution in [1.82, 2.24) is 0 Å². The molecule has 0 fully saturated rings. The van der Waals surface area contributed by atoms with Gasteiger partial charge in [0.15, 0.2) is 11.3 Å². The van der Waals surface area contributed by atoms with Crippen molar-refractivity contribution in [2.24, 2.45) is 0 Å². The van der Waals surface area contributed by atoms with Gasteiger partial charge in [0.2, 0.25) is 0 Å². The van der Waals surface area contributed by atoms with Gasteiger partial charge >= 0.3 is 5.97 Å². The van der Waals surface area contributed by atoms with Crippen molar-refractivity contribution in [1.29, 1.82) is 0 Å². The Bertz CT molecular complexity index is 541. The fraction of sp³-hybridized carbons (Fsp3) is 0.200. The van der Waals surface area contributed by atoms with Crippen LogP contribution in [0.4, 0.5) is 11.4 Å². The predicted octanol–water partition coefficient (Wildman–Crippen LogP) is 2.15. The molecule has 96 valence electrons. The number of nitro benzene ring substituents is 1. The minimum atomic E-state index is -1.55. The minimum absolute atomic E-state index is 0.177. The third kappa shape index (κ3) is 2.06. The first kappa shape index (κ1) is 14.1. The van der Waals surface area contributed by atoms with E-state index in [4.69, 9.17) is 10.8 Å². The second-order valence-corrected chi connectivity index (χ2v) is 4.36. The van der Waals surface area contributed by atoms with Crippen LogP contribution >= 0.6 is 15.9 Å². The molecule has 18 heavy (non-hydrogen) atoms. The maximum atomic E-state index is 11.5. The van der Waals surface area contributed by atoms with Crippen molar-refractivity contribution in [3.63, 3.8) is 0 Å². The first-order valence-electron chi connectivity index (χ1n) is 4.70. The predicted molar refractivity (Wildman–Crippen MR) is 66.9 cm³/mol. The topological polar surface area (TPSA) is 124 Å². The van der Waals surface area contributed by atoms with E-state index in [2.05, 4.69) is 15.9 Å². The molecule has 0 heterocycles. The van der Waals surface area contributed by atoms with Crippen LogP contribution in [0.1, 0.15) is 33.2 Å². The molecule has 1 aromatic carbocycles. The molecule has 1 aromatic rings. The Morgan fingerprint density at radius 2 is 1.89 bits per heavy atom. The highest BCUT2D eigenvalue weighted by atomic mass is 79.9. The Kier molecular flexibility index (Phi) is 3.70. The first-order chi connectivity index (χ1) is 8.20. The number of carbonyl (C=O) groups is 2. The molecular formula is C10H9BrN2O5. The molecule has 0 bridgehead atoms. The number of carbonyl (C=O) groups excluding carboxylic acids is 1. The number of nitro groups is 1. The van der Waals surface area contributed by atoms with Crippen molar-refractivity contribution >= 4 is 39.1 Å². The van der Waals surface area contributed by atoms with Crippen LogP contribution in [0.5, 0.6) is 0 Å². The van der Waals surface area contributed by atoms with Crippen LogP contribution in [0.15, 0.2) is 4.47 Å². The van der Waals surface area contributed by atoms with Crippen LogP contribution < -0.4 is 5.73 Å². The van der Waals surface area contributed by atoms with Gasteiger partial charge in [-0.3, -0.25) is 14.9 Å². The summed E-state index contributed by atoms with van der Waals surface area (Å²) in [6.07, 6.45) is 0. The number of carboxylic acid groups (broad SMARTS) is 1. The summed E-state index contributed by atoms with van der Waals surface area (Å²) in [6.45, 7) is 2.58. The van der Waals surface area contributed by atoms with Crippen LogP contribution in [-0.4, -0.2) is 21.8 Å². The maximum Gasteiger partial charge on any atom is 0.344 e. The van der Waals surface area contributed by atoms with E-state index in [1.807, 2.05) is 0 Å². The zero-order valence-electron chi connectivity index (χ0n) is 9.48. The van der Waals surface area contributed by atoms with Gasteiger partial charge in [-0.2, -0.15) is 0 Å². The van der Waals surface area contributed by atoms with E-state index in [1.165, 1.54) is 6.92 Å². The third-order valence-electron chi connectivity index (χ3n) is 2.43. The van der Waals surface area contributed by atoms with E-state index in [-0.39, 0.29) is 21.3 Å². The van der Waals surface area contributed by atoms with Gasteiger partial charge in [0, 0.05) is 4.47 Å². The van der Waals surface area contributed by atoms with Gasteiger partial charge in [-0.15, -0.1) is 0 Å². The van der Waals surface area contributed by atoms with Gasteiger partial charge < -0.3 is 10.8 Å². The van der Waals surface area contributed by atoms with Crippen LogP contribution in [0, 0.1) is 17.0 Å². The van der Waals surface area contributed by atoms with Crippen LogP contribution in [-0.2, 0) is 0 Å². The smallest absolute Gasteiger partial charge is 0.344 e. The normalized spacial score (nSPS) is 10.2. The van der Waals surface area contributed by atoms with Crippen LogP contribution in [0.25, 0.3) is 0 Å². The number of rotatable bonds is 3. The summed E-state index contributed by atoms with van der Waals surface area (Å²) in [5.41, 5.74) is 3.83. The lowest BCUT2D eigenvalue weighted by atomic mass is 9.97. The summed E-state index contributed by atoms with van der Waals surface area (Å²) in [5.74, 6) is -2.15. The summed E-state index contributed by atoms with van der Waals surface area (Å²) in [5, 5.41) is 20.0. The second kappa shape index (κ2) is 4.73. The largest absolute Gasteiger partial charge is 0.477 e. The number of benzene rings is 1. The summed E-state index contributed by atoms with van der Waals surface area (Å²) in [7, 11) is 0. The highest BCUT2D eigenvalue weighted by Gasteiger charge is 2.33. The number of carboxylic acids is 1. The molecular weight excluding hydrogens is 308 g/mol. The highest BCUT2D eigenvalue weighted by Crippen LogP contribution is 2.38. The van der Waals surface area contributed by atoms with Crippen molar-refractivity contribution in [2.45, 2.75) is 13.8 Å². The highest BCUT2D eigenvalue weighted by molar-refractivity contribution is 9.10. The van der Waals surface area contributed by atoms with E-state index in [0.29, 0.717) is 0 Å². The summed E-state index contributed by atoms with van der Waals surface area (Å²) in [6, 6.07) is 0. The van der Waals surface area contributed by atoms with Crippen molar-refractivity contribution in [3.05, 3.63) is 31.3 Å². The van der Waals surface area contributed by atoms with Gasteiger partial charge in [0.25, 0.3) is 5.69 Å². The summed E-state index contributed by atoms with van der Waals surface area (Å²) >= 11 is 3.04. The molecule has 0 aliphatic carbocycles. The lowest BCUT2D eigenvalue weighted by molar-refractivity contribution is -0.385. The van der Waals surface area contributed by atoms with E-state index >= 15 is 0 Å². The number of Topliss-reactive ketones (excluding diaryl/α,β-unsaturated/α-hetero) is 1. The molecule has 0 aliphatic heterocycles. The Morgan fingerprint density at radius 3 is 2.22 bits per heavy atom. The number of anilines is 1. The minimum Gasteiger partial charge on any atom is -0.477 e. The fourth-order valence-corrected chi connectivity index (χ4v) is 2.08. The SMILES string of the molecule is CC(=O)c1c(C)c(Br)c(N)c(C(=O)O)c1[N+](=O)[O-]. The molecule has 3 N–H and O–H groups in total. The summed E-state index contributed by atoms with van der Waals surface area (Å²) < 4.78 is 0.177. The number of hydrogen-bond donors (Lipinski definition) is 2. The average molecular weight is 317 g/mol. The van der Waals surface area contributed by atoms with Crippen LogP contribution in [0.2, 0.25) is 0 Å². The number of nitrogens with two attached hydrogens (primary N) is 1. The standard InChI is InChI=1S/C10H9BrN2O5/c1-3-5(4(2)14)9(13(17)18)6(10(15)16)8(12)7(3)11/h12H2,1-2H3,(H,15,16). The molecule has 0 atom stereocenters. The first-order valence-corrected chi connectivity index (χ1v) is 5.49. The zero-order valence-corrected chi connectivity index (χ0v) is 11.1. The van der Waals surface area contributed by atoms with E-state index in [0.717, 1.165) is 6.92 Å². The fourth-order valence-electron chi connectivity index (χ4n) is 1.68. The van der Waals surface area contributed by atoms with Gasteiger partial charge in [-0.25, -0.2) is 4.79 Å². The number of nitrogens with zero attached hydrogens (tertiary/aromatic N) is 1. The van der Waals surface area contributed by atoms with Gasteiger partial charge in [0.1, 0.15) is 5.56 Å². The number of nitrogen functional groups attached to an aromatic ring is 1. The van der Waals surface area contributed by atoms with E-state index in [1.54, 1.807) is 0 Å². The van der Waals surface area contributed by atoms with E-state index < -0.39 is 27.9 Å². The Hall–Kier alpha value is -1.96. The number of halogens is 1. The Labute approximate surface area is 110 Å². The van der Waals surface area contributed by atoms with Crippen molar-refractivity contribution < 1.29 is 19.6 Å². The average Bonchev–Trinajstić information content (AvgIpc) is 2.23. The molecule has 0 radical (unpaired) electrons. The second-order valence-electron chi connectivity index (χ2n) is 3.57. The molecule has 0 unspecified atom stereocenters. The lowest BCUT2D eigenvalue weighted by Crippen LogP contribution is -2.14. The monoisotopic (exact) mass is 316 g/mol. The molecule has 0 aromatic heterocycles. The Morgan fingerprint density at radius 1 is 1.39 bits per heavy atom. The number of hydrogen-bond acceptors (Lipinski definition) is 5. The quantitative estimate of drug-likeness (QED) is 0.381. The number of ketones is 1. The molecule has 0 amide bonds. The van der Waals surface area contributed by atoms with Crippen LogP contribution in [0.3, 0.4) is 0 Å². The van der Waals surface area contributed by atoms with Gasteiger partial charge in [-0.1, -0.05) is 0 Å². The molecule has 0 saturated heterocycles. The number of aromatic carboxylic acids is 1. The molecule has 0 aliphatic rings. The zero-order chi connectivity index (χ0) is 14.2.